The number of hydrogen-bond acceptors (Lipinski definition) is 6. The molecular formula is C24H40N2O4. The van der Waals surface area contributed by atoms with E-state index >= 15 is 0 Å². The molecule has 170 valence electrons. The van der Waals surface area contributed by atoms with Gasteiger partial charge in [-0.15, -0.1) is 0 Å². The average Bonchev–Trinajstić information content (AvgIpc) is 2.69. The molecule has 0 amide bonds. The molecule has 0 aliphatic carbocycles. The van der Waals surface area contributed by atoms with E-state index in [1.807, 2.05) is 43.4 Å². The summed E-state index contributed by atoms with van der Waals surface area (Å²) in [6.07, 6.45) is 0.555. The quantitative estimate of drug-likeness (QED) is 0.541. The van der Waals surface area contributed by atoms with E-state index in [2.05, 4.69) is 39.7 Å². The molecule has 6 nitrogen and oxygen atoms in total. The standard InChI is InChI=1S/C24H40N2O4/c1-17(13-22-29-15-24(4,5)16-30-22)23(18(2)19(3)25-26(6)7)28-14-20-9-11-21(27-8)12-10-20/h9-12,17-18,22-23,25H,3,13-16H2,1-2,4-8H3/t17-,18+,23-/m1/s1. The van der Waals surface area contributed by atoms with Gasteiger partial charge in [-0.2, -0.15) is 0 Å². The Balaban J connectivity index is 2.04. The molecule has 0 radical (unpaired) electrons. The molecule has 0 spiro atoms. The molecule has 0 bridgehead atoms. The highest BCUT2D eigenvalue weighted by atomic mass is 16.7. The van der Waals surface area contributed by atoms with Crippen LogP contribution >= 0.6 is 0 Å². The van der Waals surface area contributed by atoms with E-state index in [4.69, 9.17) is 18.9 Å². The Labute approximate surface area is 182 Å². The van der Waals surface area contributed by atoms with E-state index in [1.165, 1.54) is 0 Å². The molecule has 0 unspecified atom stereocenters. The van der Waals surface area contributed by atoms with Crippen LogP contribution in [0.5, 0.6) is 5.75 Å². The van der Waals surface area contributed by atoms with Gasteiger partial charge < -0.3 is 24.4 Å². The molecule has 1 aliphatic rings. The highest BCUT2D eigenvalue weighted by Gasteiger charge is 2.33. The van der Waals surface area contributed by atoms with Gasteiger partial charge in [0.25, 0.3) is 0 Å². The van der Waals surface area contributed by atoms with Crippen molar-refractivity contribution in [1.82, 2.24) is 10.4 Å². The first kappa shape index (κ1) is 24.7. The van der Waals surface area contributed by atoms with Gasteiger partial charge in [0.05, 0.1) is 33.0 Å². The second-order valence-corrected chi connectivity index (χ2v) is 9.37. The zero-order chi connectivity index (χ0) is 22.3. The summed E-state index contributed by atoms with van der Waals surface area (Å²) in [5, 5.41) is 1.90. The fraction of sp³-hybridized carbons (Fsp3) is 0.667. The van der Waals surface area contributed by atoms with E-state index in [0.29, 0.717) is 19.8 Å². The first-order valence-electron chi connectivity index (χ1n) is 10.7. The Morgan fingerprint density at radius 3 is 2.33 bits per heavy atom. The first-order chi connectivity index (χ1) is 14.1. The highest BCUT2D eigenvalue weighted by molar-refractivity contribution is 5.26. The number of benzene rings is 1. The van der Waals surface area contributed by atoms with Crippen molar-refractivity contribution in [2.24, 2.45) is 17.3 Å². The second-order valence-electron chi connectivity index (χ2n) is 9.37. The van der Waals surface area contributed by atoms with Gasteiger partial charge >= 0.3 is 0 Å². The number of rotatable bonds is 11. The van der Waals surface area contributed by atoms with Crippen molar-refractivity contribution in [3.8, 4) is 5.75 Å². The van der Waals surface area contributed by atoms with Crippen molar-refractivity contribution in [1.29, 1.82) is 0 Å². The van der Waals surface area contributed by atoms with Gasteiger partial charge in [0.1, 0.15) is 5.75 Å². The lowest BCUT2D eigenvalue weighted by Gasteiger charge is -2.38. The van der Waals surface area contributed by atoms with Crippen LogP contribution in [0.4, 0.5) is 0 Å². The number of hydrogen-bond donors (Lipinski definition) is 1. The van der Waals surface area contributed by atoms with E-state index in [9.17, 15) is 0 Å². The SMILES string of the molecule is C=C(NN(C)C)[C@H](C)[C@H](OCc1ccc(OC)cc1)[C@H](C)CC1OCC(C)(C)CO1. The van der Waals surface area contributed by atoms with Gasteiger partial charge in [-0.3, -0.25) is 0 Å². The van der Waals surface area contributed by atoms with Crippen LogP contribution in [-0.4, -0.2) is 51.8 Å². The second kappa shape index (κ2) is 11.1. The fourth-order valence-corrected chi connectivity index (χ4v) is 3.60. The van der Waals surface area contributed by atoms with Gasteiger partial charge in [-0.25, -0.2) is 5.01 Å². The van der Waals surface area contributed by atoms with Crippen LogP contribution in [-0.2, 0) is 20.8 Å². The Morgan fingerprint density at radius 1 is 1.20 bits per heavy atom. The topological polar surface area (TPSA) is 52.2 Å². The zero-order valence-corrected chi connectivity index (χ0v) is 19.7. The summed E-state index contributed by atoms with van der Waals surface area (Å²) in [5.41, 5.74) is 5.39. The van der Waals surface area contributed by atoms with Gasteiger partial charge in [0.15, 0.2) is 6.29 Å². The smallest absolute Gasteiger partial charge is 0.157 e. The molecule has 1 N–H and O–H groups in total. The minimum Gasteiger partial charge on any atom is -0.497 e. The maximum Gasteiger partial charge on any atom is 0.157 e. The third kappa shape index (κ3) is 7.58. The molecule has 1 aromatic rings. The summed E-state index contributed by atoms with van der Waals surface area (Å²) >= 11 is 0. The van der Waals surface area contributed by atoms with Crippen LogP contribution < -0.4 is 10.2 Å². The lowest BCUT2D eigenvalue weighted by Crippen LogP contribution is -2.42. The lowest BCUT2D eigenvalue weighted by atomic mass is 9.88. The minimum absolute atomic E-state index is 0.0332. The van der Waals surface area contributed by atoms with E-state index in [0.717, 1.165) is 23.4 Å². The van der Waals surface area contributed by atoms with Crippen molar-refractivity contribution in [2.75, 3.05) is 34.4 Å². The Bertz CT molecular complexity index is 650. The van der Waals surface area contributed by atoms with Crippen molar-refractivity contribution in [3.05, 3.63) is 42.1 Å². The molecule has 3 atom stereocenters. The molecule has 1 aromatic carbocycles. The minimum atomic E-state index is -0.192. The number of methoxy groups -OCH3 is 1. The molecule has 0 saturated carbocycles. The molecule has 1 heterocycles. The molecule has 1 fully saturated rings. The molecule has 1 aliphatic heterocycles. The first-order valence-corrected chi connectivity index (χ1v) is 10.7. The highest BCUT2D eigenvalue weighted by Crippen LogP contribution is 2.30. The molecular weight excluding hydrogens is 380 g/mol. The number of nitrogens with one attached hydrogen (secondary N) is 1. The maximum atomic E-state index is 6.44. The summed E-state index contributed by atoms with van der Waals surface area (Å²) in [4.78, 5) is 0. The van der Waals surface area contributed by atoms with Gasteiger partial charge in [-0.1, -0.05) is 46.4 Å². The molecule has 6 heteroatoms. The van der Waals surface area contributed by atoms with Gasteiger partial charge in [0, 0.05) is 37.5 Å². The van der Waals surface area contributed by atoms with Crippen LogP contribution in [0.15, 0.2) is 36.5 Å². The van der Waals surface area contributed by atoms with Crippen LogP contribution in [0, 0.1) is 17.3 Å². The molecule has 0 aromatic heterocycles. The Morgan fingerprint density at radius 2 is 1.80 bits per heavy atom. The van der Waals surface area contributed by atoms with Crippen molar-refractivity contribution in [2.45, 2.75) is 53.1 Å². The normalized spacial score (nSPS) is 19.9. The Kier molecular flexibility index (Phi) is 9.16. The van der Waals surface area contributed by atoms with Crippen LogP contribution in [0.1, 0.15) is 39.7 Å². The fourth-order valence-electron chi connectivity index (χ4n) is 3.60. The largest absolute Gasteiger partial charge is 0.497 e. The number of ether oxygens (including phenoxy) is 4. The summed E-state index contributed by atoms with van der Waals surface area (Å²) in [5.74, 6) is 1.18. The van der Waals surface area contributed by atoms with Gasteiger partial charge in [-0.05, 0) is 23.6 Å². The molecule has 30 heavy (non-hydrogen) atoms. The number of hydrazine groups is 1. The average molecular weight is 421 g/mol. The summed E-state index contributed by atoms with van der Waals surface area (Å²) < 4.78 is 23.6. The predicted octanol–water partition coefficient (Wildman–Crippen LogP) is 4.22. The molecule has 2 rings (SSSR count). The third-order valence-corrected chi connectivity index (χ3v) is 5.46. The van der Waals surface area contributed by atoms with Gasteiger partial charge in [0.2, 0.25) is 0 Å². The van der Waals surface area contributed by atoms with Crippen LogP contribution in [0.25, 0.3) is 0 Å². The van der Waals surface area contributed by atoms with Crippen molar-refractivity contribution >= 4 is 0 Å². The van der Waals surface area contributed by atoms with E-state index in [1.54, 1.807) is 7.11 Å². The number of nitrogens with zero attached hydrogens (tertiary/aromatic N) is 1. The Hall–Kier alpha value is -1.60. The molecule has 1 saturated heterocycles. The monoisotopic (exact) mass is 420 g/mol. The maximum absolute atomic E-state index is 6.44. The third-order valence-electron chi connectivity index (χ3n) is 5.46. The summed E-state index contributed by atoms with van der Waals surface area (Å²) in [6, 6.07) is 7.98. The summed E-state index contributed by atoms with van der Waals surface area (Å²) in [6.45, 7) is 14.9. The lowest BCUT2D eigenvalue weighted by molar-refractivity contribution is -0.231. The predicted molar refractivity (Wildman–Crippen MR) is 120 cm³/mol. The van der Waals surface area contributed by atoms with Crippen LogP contribution in [0.3, 0.4) is 0 Å². The van der Waals surface area contributed by atoms with E-state index < -0.39 is 0 Å². The van der Waals surface area contributed by atoms with Crippen LogP contribution in [0.2, 0.25) is 0 Å². The zero-order valence-electron chi connectivity index (χ0n) is 19.7. The van der Waals surface area contributed by atoms with E-state index in [-0.39, 0.29) is 29.6 Å². The van der Waals surface area contributed by atoms with Crippen molar-refractivity contribution < 1.29 is 18.9 Å². The van der Waals surface area contributed by atoms with Crippen molar-refractivity contribution in [3.63, 3.8) is 0 Å². The summed E-state index contributed by atoms with van der Waals surface area (Å²) in [7, 11) is 5.59.